The van der Waals surface area contributed by atoms with Crippen molar-refractivity contribution in [2.75, 3.05) is 20.8 Å². The molecule has 3 N–H and O–H groups in total. The first kappa shape index (κ1) is 10.0. The lowest BCUT2D eigenvalue weighted by molar-refractivity contribution is -0.144. The van der Waals surface area contributed by atoms with Crippen LogP contribution in [0.1, 0.15) is 2.74 Å². The van der Waals surface area contributed by atoms with E-state index in [1.807, 2.05) is 0 Å². The Hall–Kier alpha value is -0.530. The van der Waals surface area contributed by atoms with E-state index < -0.39 is 31.5 Å². The fraction of sp³-hybridized carbons (Fsp3) is 0.875. The SMILES string of the molecule is [2H]COC[C@@H](O)[C@@H](O)[C@H](OC[2H])[C@@H](O)C=O. The van der Waals surface area contributed by atoms with Crippen molar-refractivity contribution in [3.05, 3.63) is 0 Å². The molecule has 0 heterocycles. The monoisotopic (exact) mass is 210 g/mol. The quantitative estimate of drug-likeness (QED) is 0.418. The van der Waals surface area contributed by atoms with Gasteiger partial charge in [-0.1, -0.05) is 0 Å². The maximum Gasteiger partial charge on any atom is 0.151 e. The average molecular weight is 210 g/mol. The maximum absolute atomic E-state index is 10.3. The number of aliphatic hydroxyl groups is 3. The summed E-state index contributed by atoms with van der Waals surface area (Å²) in [4.78, 5) is 10.3. The van der Waals surface area contributed by atoms with E-state index in [9.17, 15) is 15.0 Å². The summed E-state index contributed by atoms with van der Waals surface area (Å²) in [5.41, 5.74) is 0. The van der Waals surface area contributed by atoms with Gasteiger partial charge in [0, 0.05) is 14.2 Å². The number of ether oxygens (including phenoxy) is 2. The van der Waals surface area contributed by atoms with Gasteiger partial charge in [-0.05, 0) is 0 Å². The number of aliphatic hydroxyl groups excluding tert-OH is 3. The van der Waals surface area contributed by atoms with Crippen LogP contribution in [0.2, 0.25) is 0 Å². The number of hydrogen-bond donors (Lipinski definition) is 3. The van der Waals surface area contributed by atoms with E-state index in [2.05, 4.69) is 9.47 Å². The summed E-state index contributed by atoms with van der Waals surface area (Å²) < 4.78 is 22.6. The van der Waals surface area contributed by atoms with E-state index in [0.29, 0.717) is 0 Å². The molecule has 6 heteroatoms. The number of rotatable bonds is 7. The third-order valence-corrected chi connectivity index (χ3v) is 1.69. The number of hydrogen-bond acceptors (Lipinski definition) is 6. The summed E-state index contributed by atoms with van der Waals surface area (Å²) in [6.07, 6.45) is -5.86. The van der Waals surface area contributed by atoms with Crippen LogP contribution in [0.4, 0.5) is 0 Å². The third kappa shape index (κ3) is 3.69. The third-order valence-electron chi connectivity index (χ3n) is 1.69. The summed E-state index contributed by atoms with van der Waals surface area (Å²) >= 11 is 0. The number of carbonyl (C=O) groups excluding carboxylic acids is 1. The number of aldehydes is 1. The number of carbonyl (C=O) groups is 1. The van der Waals surface area contributed by atoms with Gasteiger partial charge in [-0.3, -0.25) is 0 Å². The van der Waals surface area contributed by atoms with Crippen LogP contribution in [0, 0.1) is 0 Å². The fourth-order valence-corrected chi connectivity index (χ4v) is 0.915. The van der Waals surface area contributed by atoms with Crippen LogP contribution in [-0.4, -0.2) is 66.8 Å². The van der Waals surface area contributed by atoms with Crippen LogP contribution >= 0.6 is 0 Å². The molecule has 0 aliphatic rings. The lowest BCUT2D eigenvalue weighted by Gasteiger charge is -2.26. The van der Waals surface area contributed by atoms with E-state index in [0.717, 1.165) is 0 Å². The molecule has 0 fully saturated rings. The summed E-state index contributed by atoms with van der Waals surface area (Å²) in [6, 6.07) is 0. The van der Waals surface area contributed by atoms with E-state index in [-0.39, 0.29) is 20.0 Å². The lowest BCUT2D eigenvalue weighted by atomic mass is 10.0. The first-order valence-corrected chi connectivity index (χ1v) is 3.85. The molecule has 0 aliphatic heterocycles. The van der Waals surface area contributed by atoms with Gasteiger partial charge < -0.3 is 29.6 Å². The largest absolute Gasteiger partial charge is 0.388 e. The topological polar surface area (TPSA) is 96.2 Å². The van der Waals surface area contributed by atoms with Gasteiger partial charge in [0.15, 0.2) is 6.29 Å². The van der Waals surface area contributed by atoms with E-state index in [4.69, 9.17) is 7.85 Å². The van der Waals surface area contributed by atoms with Crippen LogP contribution in [0.3, 0.4) is 0 Å². The Morgan fingerprint density at radius 1 is 1.43 bits per heavy atom. The highest BCUT2D eigenvalue weighted by Crippen LogP contribution is 2.07. The van der Waals surface area contributed by atoms with Crippen molar-refractivity contribution in [1.82, 2.24) is 0 Å². The molecule has 0 saturated heterocycles. The second-order valence-electron chi connectivity index (χ2n) is 2.69. The molecule has 0 bridgehead atoms. The molecular weight excluding hydrogens is 192 g/mol. The molecule has 0 saturated carbocycles. The molecule has 4 atom stereocenters. The van der Waals surface area contributed by atoms with Crippen molar-refractivity contribution in [2.24, 2.45) is 0 Å². The van der Waals surface area contributed by atoms with Gasteiger partial charge in [0.25, 0.3) is 0 Å². The van der Waals surface area contributed by atoms with Crippen LogP contribution in [-0.2, 0) is 14.3 Å². The molecule has 0 aromatic heterocycles. The van der Waals surface area contributed by atoms with Gasteiger partial charge in [0.05, 0.1) is 9.35 Å². The lowest BCUT2D eigenvalue weighted by Crippen LogP contribution is -2.47. The van der Waals surface area contributed by atoms with Crippen molar-refractivity contribution in [3.63, 3.8) is 0 Å². The molecule has 0 radical (unpaired) electrons. The molecule has 0 spiro atoms. The standard InChI is InChI=1S/C8H16O6/c1-13-4-6(11)7(12)8(14-2)5(10)3-9/h3,5-8,10-12H,4H2,1-2H3/t5-,6+,7+,8+/m0/s1/i1D,2D. The highest BCUT2D eigenvalue weighted by molar-refractivity contribution is 5.56. The first-order chi connectivity index (χ1) is 7.58. The van der Waals surface area contributed by atoms with Gasteiger partial charge in [-0.15, -0.1) is 0 Å². The van der Waals surface area contributed by atoms with Crippen molar-refractivity contribution in [2.45, 2.75) is 24.4 Å². The minimum absolute atomic E-state index is 0.140. The van der Waals surface area contributed by atoms with Crippen LogP contribution in [0.25, 0.3) is 0 Å². The zero-order valence-corrected chi connectivity index (χ0v) is 7.57. The zero-order valence-electron chi connectivity index (χ0n) is 9.57. The minimum Gasteiger partial charge on any atom is -0.388 e. The smallest absolute Gasteiger partial charge is 0.151 e. The highest BCUT2D eigenvalue weighted by Gasteiger charge is 2.31. The van der Waals surface area contributed by atoms with Crippen LogP contribution in [0.5, 0.6) is 0 Å². The summed E-state index contributed by atoms with van der Waals surface area (Å²) in [5, 5.41) is 28.1. The molecular formula is C8H16O6. The second-order valence-corrected chi connectivity index (χ2v) is 2.69. The van der Waals surface area contributed by atoms with Crippen LogP contribution in [0.15, 0.2) is 0 Å². The summed E-state index contributed by atoms with van der Waals surface area (Å²) in [7, 11) is -0.956. The molecule has 0 aromatic carbocycles. The zero-order chi connectivity index (χ0) is 12.6. The van der Waals surface area contributed by atoms with Gasteiger partial charge >= 0.3 is 0 Å². The normalized spacial score (nSPS) is 21.6. The van der Waals surface area contributed by atoms with Gasteiger partial charge in [-0.2, -0.15) is 0 Å². The Bertz CT molecular complexity index is 193. The molecule has 0 amide bonds. The van der Waals surface area contributed by atoms with Crippen molar-refractivity contribution in [3.8, 4) is 0 Å². The Kier molecular flexibility index (Phi) is 4.90. The predicted octanol–water partition coefficient (Wildman–Crippen LogP) is -2.07. The van der Waals surface area contributed by atoms with Gasteiger partial charge in [-0.25, -0.2) is 0 Å². The molecule has 0 unspecified atom stereocenters. The van der Waals surface area contributed by atoms with E-state index in [1.54, 1.807) is 0 Å². The Balaban J connectivity index is 4.34. The van der Waals surface area contributed by atoms with Gasteiger partial charge in [0.2, 0.25) is 0 Å². The Morgan fingerprint density at radius 3 is 2.64 bits per heavy atom. The second kappa shape index (κ2) is 6.86. The highest BCUT2D eigenvalue weighted by atomic mass is 16.5. The Labute approximate surface area is 84.9 Å². The van der Waals surface area contributed by atoms with E-state index >= 15 is 0 Å². The average Bonchev–Trinajstić information content (AvgIpc) is 2.31. The molecule has 0 rings (SSSR count). The minimum atomic E-state index is -1.63. The molecule has 6 nitrogen and oxygen atoms in total. The first-order valence-electron chi connectivity index (χ1n) is 5.27. The van der Waals surface area contributed by atoms with Crippen molar-refractivity contribution >= 4 is 6.29 Å². The molecule has 0 aliphatic carbocycles. The van der Waals surface area contributed by atoms with Crippen molar-refractivity contribution < 1.29 is 32.3 Å². The van der Waals surface area contributed by atoms with Crippen LogP contribution < -0.4 is 0 Å². The molecule has 84 valence electrons. The maximum atomic E-state index is 10.3. The van der Waals surface area contributed by atoms with Crippen molar-refractivity contribution in [1.29, 1.82) is 0 Å². The number of methoxy groups -OCH3 is 2. The molecule has 14 heavy (non-hydrogen) atoms. The molecule has 0 aromatic rings. The van der Waals surface area contributed by atoms with Gasteiger partial charge in [0.1, 0.15) is 24.4 Å². The summed E-state index contributed by atoms with van der Waals surface area (Å²) in [6.45, 7) is -0.325. The Morgan fingerprint density at radius 2 is 2.14 bits per heavy atom. The fourth-order valence-electron chi connectivity index (χ4n) is 0.915. The van der Waals surface area contributed by atoms with E-state index in [1.165, 1.54) is 0 Å². The predicted molar refractivity (Wildman–Crippen MR) is 46.8 cm³/mol. The summed E-state index contributed by atoms with van der Waals surface area (Å²) in [5.74, 6) is 0.